The van der Waals surface area contributed by atoms with Gasteiger partial charge >= 0.3 is 16.3 Å². The van der Waals surface area contributed by atoms with Crippen LogP contribution < -0.4 is 4.72 Å². The predicted octanol–water partition coefficient (Wildman–Crippen LogP) is -0.176. The molecule has 1 atom stereocenters. The highest BCUT2D eigenvalue weighted by atomic mass is 32.2. The van der Waals surface area contributed by atoms with Gasteiger partial charge < -0.3 is 9.84 Å². The molecule has 0 aromatic rings. The second-order valence-corrected chi connectivity index (χ2v) is 5.49. The number of piperidine rings is 1. The van der Waals surface area contributed by atoms with Gasteiger partial charge in [-0.15, -0.1) is 0 Å². The van der Waals surface area contributed by atoms with Gasteiger partial charge in [-0.05, 0) is 19.3 Å². The van der Waals surface area contributed by atoms with Crippen LogP contribution in [0.2, 0.25) is 0 Å². The van der Waals surface area contributed by atoms with E-state index in [0.29, 0.717) is 19.4 Å². The Balaban J connectivity index is 2.75. The quantitative estimate of drug-likeness (QED) is 0.736. The summed E-state index contributed by atoms with van der Waals surface area (Å²) >= 11 is 0. The van der Waals surface area contributed by atoms with Crippen LogP contribution in [0.3, 0.4) is 0 Å². The lowest BCUT2D eigenvalue weighted by Gasteiger charge is -2.33. The first-order chi connectivity index (χ1) is 8.01. The lowest BCUT2D eigenvalue weighted by Crippen LogP contribution is -2.50. The highest BCUT2D eigenvalue weighted by Gasteiger charge is 2.33. The van der Waals surface area contributed by atoms with Crippen molar-refractivity contribution in [3.63, 3.8) is 0 Å². The summed E-state index contributed by atoms with van der Waals surface area (Å²) in [6, 6.07) is -0.254. The van der Waals surface area contributed by atoms with Gasteiger partial charge in [-0.1, -0.05) is 6.42 Å². The van der Waals surface area contributed by atoms with Crippen molar-refractivity contribution in [2.24, 2.45) is 0 Å². The molecule has 0 aliphatic carbocycles. The van der Waals surface area contributed by atoms with Crippen LogP contribution in [0.4, 0.5) is 4.79 Å². The summed E-state index contributed by atoms with van der Waals surface area (Å²) < 4.78 is 31.1. The molecule has 1 saturated heterocycles. The van der Waals surface area contributed by atoms with Gasteiger partial charge in [0.15, 0.2) is 0 Å². The molecule has 0 spiro atoms. The minimum atomic E-state index is -3.87. The van der Waals surface area contributed by atoms with E-state index >= 15 is 0 Å². The largest absolute Gasteiger partial charge is 0.452 e. The van der Waals surface area contributed by atoms with Crippen molar-refractivity contribution in [2.45, 2.75) is 31.7 Å². The topological polar surface area (TPSA) is 95.9 Å². The number of carbonyl (C=O) groups excluding carboxylic acids is 1. The Labute approximate surface area is 101 Å². The third-order valence-electron chi connectivity index (χ3n) is 2.74. The molecule has 0 saturated carbocycles. The molecule has 1 unspecified atom stereocenters. The number of amides is 1. The van der Waals surface area contributed by atoms with Crippen LogP contribution in [0, 0.1) is 0 Å². The van der Waals surface area contributed by atoms with E-state index in [-0.39, 0.29) is 12.6 Å². The SMILES string of the molecule is COC(=O)NS(=O)(=O)N1CCCCC1CCO. The third-order valence-corrected chi connectivity index (χ3v) is 4.26. The van der Waals surface area contributed by atoms with Gasteiger partial charge in [0, 0.05) is 19.2 Å². The molecule has 7 nitrogen and oxygen atoms in total. The van der Waals surface area contributed by atoms with E-state index < -0.39 is 16.3 Å². The van der Waals surface area contributed by atoms with Crippen molar-refractivity contribution in [1.82, 2.24) is 9.03 Å². The summed E-state index contributed by atoms with van der Waals surface area (Å²) in [5.74, 6) is 0. The first-order valence-corrected chi connectivity index (χ1v) is 6.93. The summed E-state index contributed by atoms with van der Waals surface area (Å²) in [4.78, 5) is 10.9. The Morgan fingerprint density at radius 1 is 1.53 bits per heavy atom. The second-order valence-electron chi connectivity index (χ2n) is 3.87. The van der Waals surface area contributed by atoms with Crippen molar-refractivity contribution >= 4 is 16.3 Å². The summed E-state index contributed by atoms with van der Waals surface area (Å²) in [6.45, 7) is 0.284. The van der Waals surface area contributed by atoms with Crippen LogP contribution in [0.25, 0.3) is 0 Å². The lowest BCUT2D eigenvalue weighted by molar-refractivity contribution is 0.172. The normalized spacial score (nSPS) is 22.1. The Kier molecular flexibility index (Phi) is 5.16. The maximum absolute atomic E-state index is 11.9. The van der Waals surface area contributed by atoms with Gasteiger partial charge in [-0.2, -0.15) is 12.7 Å². The third kappa shape index (κ3) is 3.83. The van der Waals surface area contributed by atoms with E-state index in [4.69, 9.17) is 5.11 Å². The van der Waals surface area contributed by atoms with Crippen molar-refractivity contribution in [1.29, 1.82) is 0 Å². The molecule has 0 aromatic heterocycles. The molecule has 0 bridgehead atoms. The molecule has 1 heterocycles. The van der Waals surface area contributed by atoms with Crippen LogP contribution in [0.1, 0.15) is 25.7 Å². The number of nitrogens with zero attached hydrogens (tertiary/aromatic N) is 1. The van der Waals surface area contributed by atoms with Gasteiger partial charge in [0.05, 0.1) is 7.11 Å². The highest BCUT2D eigenvalue weighted by Crippen LogP contribution is 2.21. The first-order valence-electron chi connectivity index (χ1n) is 5.49. The Morgan fingerprint density at radius 3 is 2.82 bits per heavy atom. The smallest absolute Gasteiger partial charge is 0.421 e. The van der Waals surface area contributed by atoms with Gasteiger partial charge in [-0.3, -0.25) is 0 Å². The number of rotatable bonds is 4. The number of hydrogen-bond donors (Lipinski definition) is 2. The average Bonchev–Trinajstić information content (AvgIpc) is 2.29. The Hall–Kier alpha value is -0.860. The van der Waals surface area contributed by atoms with Crippen molar-refractivity contribution < 1.29 is 23.1 Å². The summed E-state index contributed by atoms with van der Waals surface area (Å²) in [6.07, 6.45) is 1.75. The van der Waals surface area contributed by atoms with Crippen molar-refractivity contribution in [3.8, 4) is 0 Å². The zero-order valence-electron chi connectivity index (χ0n) is 9.76. The van der Waals surface area contributed by atoms with Crippen molar-refractivity contribution in [2.75, 3.05) is 20.3 Å². The number of aliphatic hydroxyl groups is 1. The van der Waals surface area contributed by atoms with E-state index in [1.165, 1.54) is 4.31 Å². The number of hydrogen-bond acceptors (Lipinski definition) is 5. The number of nitrogens with one attached hydrogen (secondary N) is 1. The van der Waals surface area contributed by atoms with E-state index in [2.05, 4.69) is 4.74 Å². The minimum Gasteiger partial charge on any atom is -0.452 e. The molecule has 0 aromatic carbocycles. The van der Waals surface area contributed by atoms with Gasteiger partial charge in [0.1, 0.15) is 0 Å². The number of ether oxygens (including phenoxy) is 1. The number of methoxy groups -OCH3 is 1. The summed E-state index contributed by atoms with van der Waals surface area (Å²) in [5, 5.41) is 8.90. The number of carbonyl (C=O) groups is 1. The van der Waals surface area contributed by atoms with Gasteiger partial charge in [-0.25, -0.2) is 9.52 Å². The highest BCUT2D eigenvalue weighted by molar-refractivity contribution is 7.87. The molecule has 0 radical (unpaired) electrons. The Bertz CT molecular complexity index is 354. The molecule has 100 valence electrons. The van der Waals surface area contributed by atoms with Crippen LogP contribution in [-0.4, -0.2) is 50.2 Å². The molecule has 17 heavy (non-hydrogen) atoms. The van der Waals surface area contributed by atoms with Gasteiger partial charge in [0.25, 0.3) is 0 Å². The molecular formula is C9H18N2O5S. The molecular weight excluding hydrogens is 248 g/mol. The molecule has 1 amide bonds. The molecule has 8 heteroatoms. The van der Waals surface area contributed by atoms with E-state index in [1.54, 1.807) is 0 Å². The fourth-order valence-corrected chi connectivity index (χ4v) is 3.32. The van der Waals surface area contributed by atoms with E-state index in [9.17, 15) is 13.2 Å². The fourth-order valence-electron chi connectivity index (χ4n) is 1.93. The van der Waals surface area contributed by atoms with E-state index in [1.807, 2.05) is 4.72 Å². The second kappa shape index (κ2) is 6.18. The Morgan fingerprint density at radius 2 is 2.24 bits per heavy atom. The molecule has 1 aliphatic heterocycles. The fraction of sp³-hybridized carbons (Fsp3) is 0.889. The molecule has 1 aliphatic rings. The maximum Gasteiger partial charge on any atom is 0.421 e. The zero-order chi connectivity index (χ0) is 12.9. The first kappa shape index (κ1) is 14.2. The standard InChI is InChI=1S/C9H18N2O5S/c1-16-9(13)10-17(14,15)11-6-3-2-4-8(11)5-7-12/h8,12H,2-7H2,1H3,(H,10,13). The number of aliphatic hydroxyl groups excluding tert-OH is 1. The van der Waals surface area contributed by atoms with Crippen LogP contribution in [0.5, 0.6) is 0 Å². The predicted molar refractivity (Wildman–Crippen MR) is 60.5 cm³/mol. The maximum atomic E-state index is 11.9. The minimum absolute atomic E-state index is 0.0745. The van der Waals surface area contributed by atoms with Crippen LogP contribution in [-0.2, 0) is 14.9 Å². The van der Waals surface area contributed by atoms with Gasteiger partial charge in [0.2, 0.25) is 0 Å². The van der Waals surface area contributed by atoms with Crippen molar-refractivity contribution in [3.05, 3.63) is 0 Å². The molecule has 1 rings (SSSR count). The zero-order valence-corrected chi connectivity index (χ0v) is 10.6. The van der Waals surface area contributed by atoms with Crippen LogP contribution in [0.15, 0.2) is 0 Å². The molecule has 2 N–H and O–H groups in total. The summed E-state index contributed by atoms with van der Waals surface area (Å²) in [7, 11) is -2.76. The monoisotopic (exact) mass is 266 g/mol. The lowest BCUT2D eigenvalue weighted by atomic mass is 10.0. The average molecular weight is 266 g/mol. The molecule has 1 fully saturated rings. The summed E-state index contributed by atoms with van der Waals surface area (Å²) in [5.41, 5.74) is 0. The van der Waals surface area contributed by atoms with Crippen LogP contribution >= 0.6 is 0 Å². The van der Waals surface area contributed by atoms with E-state index in [0.717, 1.165) is 20.0 Å².